The third-order valence-corrected chi connectivity index (χ3v) is 7.76. The van der Waals surface area contributed by atoms with Crippen LogP contribution in [0.3, 0.4) is 0 Å². The largest absolute Gasteiger partial charge is 0.351 e. The fraction of sp³-hybridized carbons (Fsp3) is 0.706. The molecule has 5 rings (SSSR count). The Hall–Kier alpha value is -0.350. The fourth-order valence-corrected chi connectivity index (χ4v) is 6.97. The number of carbonyl (C=O) groups excluding carboxylic acids is 1. The normalized spacial score (nSPS) is 36.9. The first kappa shape index (κ1) is 14.3. The zero-order valence-electron chi connectivity index (χ0n) is 12.2. The molecule has 0 radical (unpaired) electrons. The van der Waals surface area contributed by atoms with Crippen molar-refractivity contribution in [1.29, 1.82) is 0 Å². The van der Waals surface area contributed by atoms with Crippen LogP contribution in [0.15, 0.2) is 15.9 Å². The van der Waals surface area contributed by atoms with Crippen LogP contribution in [0.25, 0.3) is 0 Å². The summed E-state index contributed by atoms with van der Waals surface area (Å²) in [6.45, 7) is 0.670. The fourth-order valence-electron chi connectivity index (χ4n) is 5.54. The van der Waals surface area contributed by atoms with Crippen LogP contribution in [0.5, 0.6) is 0 Å². The van der Waals surface area contributed by atoms with Crippen molar-refractivity contribution in [3.63, 3.8) is 0 Å². The topological polar surface area (TPSA) is 29.1 Å². The highest BCUT2D eigenvalue weighted by Gasteiger charge is 2.51. The van der Waals surface area contributed by atoms with Crippen molar-refractivity contribution < 1.29 is 4.79 Å². The molecule has 4 aliphatic rings. The Balaban J connectivity index is 1.37. The van der Waals surface area contributed by atoms with Crippen molar-refractivity contribution in [2.75, 3.05) is 0 Å². The molecular formula is C17H22BrNOS. The maximum absolute atomic E-state index is 12.4. The van der Waals surface area contributed by atoms with E-state index in [9.17, 15) is 4.79 Å². The quantitative estimate of drug-likeness (QED) is 0.818. The van der Waals surface area contributed by atoms with E-state index >= 15 is 0 Å². The molecule has 1 heterocycles. The standard InChI is InChI=1S/C17H22BrNOS/c18-14-1-2-21-15(14)10-19-16(20)9-17-6-11-3-12(7-17)5-13(4-11)8-17/h1-2,11-13H,3-10H2,(H,19,20). The van der Waals surface area contributed by atoms with Gasteiger partial charge in [0.2, 0.25) is 5.91 Å². The SMILES string of the molecule is O=C(CC12CC3CC(CC(C3)C1)C2)NCc1sccc1Br. The van der Waals surface area contributed by atoms with Gasteiger partial charge in [0.15, 0.2) is 0 Å². The molecule has 21 heavy (non-hydrogen) atoms. The molecule has 0 saturated heterocycles. The van der Waals surface area contributed by atoms with Crippen molar-refractivity contribution in [2.24, 2.45) is 23.2 Å². The second kappa shape index (κ2) is 5.38. The molecule has 0 unspecified atom stereocenters. The van der Waals surface area contributed by atoms with Crippen molar-refractivity contribution in [3.05, 3.63) is 20.8 Å². The lowest BCUT2D eigenvalue weighted by molar-refractivity contribution is -0.129. The predicted octanol–water partition coefficient (Wildman–Crippen LogP) is 4.73. The van der Waals surface area contributed by atoms with Gasteiger partial charge >= 0.3 is 0 Å². The molecule has 4 saturated carbocycles. The second-order valence-electron chi connectivity index (χ2n) is 7.56. The summed E-state index contributed by atoms with van der Waals surface area (Å²) in [7, 11) is 0. The van der Waals surface area contributed by atoms with Gasteiger partial charge < -0.3 is 5.32 Å². The van der Waals surface area contributed by atoms with Gasteiger partial charge in [0, 0.05) is 15.8 Å². The van der Waals surface area contributed by atoms with E-state index in [0.29, 0.717) is 12.0 Å². The van der Waals surface area contributed by atoms with Gasteiger partial charge in [0.1, 0.15) is 0 Å². The Morgan fingerprint density at radius 1 is 1.24 bits per heavy atom. The molecule has 114 valence electrons. The molecule has 4 heteroatoms. The maximum Gasteiger partial charge on any atom is 0.220 e. The molecule has 1 amide bonds. The number of thiophene rings is 1. The smallest absolute Gasteiger partial charge is 0.220 e. The van der Waals surface area contributed by atoms with Crippen LogP contribution in [0.2, 0.25) is 0 Å². The van der Waals surface area contributed by atoms with E-state index in [-0.39, 0.29) is 5.91 Å². The number of hydrogen-bond acceptors (Lipinski definition) is 2. The van der Waals surface area contributed by atoms with Gasteiger partial charge in [0.05, 0.1) is 6.54 Å². The zero-order valence-corrected chi connectivity index (χ0v) is 14.6. The van der Waals surface area contributed by atoms with Gasteiger partial charge in [-0.15, -0.1) is 11.3 Å². The first-order chi connectivity index (χ1) is 10.1. The number of amides is 1. The van der Waals surface area contributed by atoms with Crippen LogP contribution in [-0.2, 0) is 11.3 Å². The van der Waals surface area contributed by atoms with E-state index in [1.165, 1.54) is 43.4 Å². The van der Waals surface area contributed by atoms with Crippen molar-refractivity contribution >= 4 is 33.2 Å². The number of rotatable bonds is 4. The molecule has 0 atom stereocenters. The predicted molar refractivity (Wildman–Crippen MR) is 89.1 cm³/mol. The van der Waals surface area contributed by atoms with E-state index in [0.717, 1.165) is 28.6 Å². The molecule has 1 N–H and O–H groups in total. The zero-order chi connectivity index (χ0) is 14.4. The summed E-state index contributed by atoms with van der Waals surface area (Å²) >= 11 is 5.23. The molecule has 4 aliphatic carbocycles. The minimum atomic E-state index is 0.261. The van der Waals surface area contributed by atoms with Crippen molar-refractivity contribution in [3.8, 4) is 0 Å². The average Bonchev–Trinajstić information content (AvgIpc) is 2.79. The third-order valence-electron chi connectivity index (χ3n) is 5.84. The maximum atomic E-state index is 12.4. The highest BCUT2D eigenvalue weighted by molar-refractivity contribution is 9.10. The van der Waals surface area contributed by atoms with Gasteiger partial charge in [-0.1, -0.05) is 0 Å². The van der Waals surface area contributed by atoms with Gasteiger partial charge in [-0.25, -0.2) is 0 Å². The average molecular weight is 368 g/mol. The number of hydrogen-bond donors (Lipinski definition) is 1. The molecule has 0 aromatic carbocycles. The van der Waals surface area contributed by atoms with Crippen LogP contribution >= 0.6 is 27.3 Å². The molecular weight excluding hydrogens is 346 g/mol. The lowest BCUT2D eigenvalue weighted by Gasteiger charge is -2.56. The van der Waals surface area contributed by atoms with Crippen LogP contribution in [0.4, 0.5) is 0 Å². The second-order valence-corrected chi connectivity index (χ2v) is 9.42. The van der Waals surface area contributed by atoms with E-state index in [2.05, 4.69) is 26.6 Å². The molecule has 2 nitrogen and oxygen atoms in total. The van der Waals surface area contributed by atoms with E-state index in [1.807, 2.05) is 6.07 Å². The number of nitrogens with one attached hydrogen (secondary N) is 1. The van der Waals surface area contributed by atoms with Gasteiger partial charge in [0.25, 0.3) is 0 Å². The van der Waals surface area contributed by atoms with Crippen molar-refractivity contribution in [1.82, 2.24) is 5.32 Å². The number of halogens is 1. The molecule has 0 aliphatic heterocycles. The van der Waals surface area contributed by atoms with Gasteiger partial charge in [-0.2, -0.15) is 0 Å². The molecule has 0 spiro atoms. The monoisotopic (exact) mass is 367 g/mol. The Morgan fingerprint density at radius 2 is 1.86 bits per heavy atom. The molecule has 1 aromatic heterocycles. The summed E-state index contributed by atoms with van der Waals surface area (Å²) in [5.74, 6) is 3.04. The van der Waals surface area contributed by atoms with Crippen LogP contribution < -0.4 is 5.32 Å². The Labute approximate surface area is 138 Å². The lowest BCUT2D eigenvalue weighted by atomic mass is 9.49. The summed E-state index contributed by atoms with van der Waals surface area (Å²) in [5.41, 5.74) is 0.353. The minimum Gasteiger partial charge on any atom is -0.351 e. The van der Waals surface area contributed by atoms with Crippen molar-refractivity contribution in [2.45, 2.75) is 51.5 Å². The molecule has 4 bridgehead atoms. The Morgan fingerprint density at radius 3 is 2.38 bits per heavy atom. The third kappa shape index (κ3) is 2.81. The minimum absolute atomic E-state index is 0.261. The number of carbonyl (C=O) groups is 1. The first-order valence-corrected chi connectivity index (χ1v) is 9.78. The summed E-state index contributed by atoms with van der Waals surface area (Å²) in [6.07, 6.45) is 9.05. The Kier molecular flexibility index (Phi) is 3.65. The first-order valence-electron chi connectivity index (χ1n) is 8.10. The van der Waals surface area contributed by atoms with Gasteiger partial charge in [-0.05, 0) is 89.1 Å². The van der Waals surface area contributed by atoms with E-state index in [1.54, 1.807) is 11.3 Å². The summed E-state index contributed by atoms with van der Waals surface area (Å²) in [5, 5.41) is 5.20. The highest BCUT2D eigenvalue weighted by Crippen LogP contribution is 2.61. The van der Waals surface area contributed by atoms with Crippen LogP contribution in [0, 0.1) is 23.2 Å². The summed E-state index contributed by atoms with van der Waals surface area (Å²) < 4.78 is 1.11. The molecule has 4 fully saturated rings. The lowest BCUT2D eigenvalue weighted by Crippen LogP contribution is -2.47. The van der Waals surface area contributed by atoms with Crippen LogP contribution in [-0.4, -0.2) is 5.91 Å². The van der Waals surface area contributed by atoms with E-state index in [4.69, 9.17) is 0 Å². The van der Waals surface area contributed by atoms with Crippen LogP contribution in [0.1, 0.15) is 49.8 Å². The summed E-state index contributed by atoms with van der Waals surface area (Å²) in [6, 6.07) is 2.05. The Bertz CT molecular complexity index is 517. The van der Waals surface area contributed by atoms with Gasteiger partial charge in [-0.3, -0.25) is 4.79 Å². The highest BCUT2D eigenvalue weighted by atomic mass is 79.9. The molecule has 1 aromatic rings. The van der Waals surface area contributed by atoms with E-state index < -0.39 is 0 Å². The summed E-state index contributed by atoms with van der Waals surface area (Å²) in [4.78, 5) is 13.6.